The molecule has 2 aromatic carbocycles. The van der Waals surface area contributed by atoms with Crippen molar-refractivity contribution in [3.8, 4) is 11.4 Å². The molecular formula is C23H25ClN6O2S. The van der Waals surface area contributed by atoms with E-state index in [4.69, 9.17) is 23.8 Å². The molecule has 172 valence electrons. The van der Waals surface area contributed by atoms with Crippen LogP contribution in [0.25, 0.3) is 11.4 Å². The standard InChI is InChI=1S/C23H25ClN6O2S/c1-16-6-8-17(9-7-16)21-26-27-23(33)30(21)15-20(31)28-10-3-11-29(13-12-28)22(32)25-19-5-2-4-18(24)14-19/h2,4-9,14H,3,10-13,15H2,1H3,(H,25,32)(H,27,33). The zero-order valence-corrected chi connectivity index (χ0v) is 19.8. The van der Waals surface area contributed by atoms with E-state index >= 15 is 0 Å². The summed E-state index contributed by atoms with van der Waals surface area (Å²) in [6.07, 6.45) is 0.691. The SMILES string of the molecule is Cc1ccc(-c2n[nH]c(=S)n2CC(=O)N2CCCN(C(=O)Nc3cccc(Cl)c3)CC2)cc1. The van der Waals surface area contributed by atoms with E-state index in [1.165, 1.54) is 0 Å². The fraction of sp³-hybridized carbons (Fsp3) is 0.304. The Morgan fingerprint density at radius 1 is 1.09 bits per heavy atom. The summed E-state index contributed by atoms with van der Waals surface area (Å²) in [4.78, 5) is 29.3. The molecular weight excluding hydrogens is 460 g/mol. The number of aromatic amines is 1. The molecule has 0 unspecified atom stereocenters. The first-order chi connectivity index (χ1) is 15.9. The molecule has 3 aromatic rings. The highest BCUT2D eigenvalue weighted by molar-refractivity contribution is 7.71. The van der Waals surface area contributed by atoms with Crippen molar-refractivity contribution < 1.29 is 9.59 Å². The first kappa shape index (κ1) is 23.0. The molecule has 4 rings (SSSR count). The van der Waals surface area contributed by atoms with E-state index in [0.717, 1.165) is 11.1 Å². The third kappa shape index (κ3) is 5.61. The van der Waals surface area contributed by atoms with Crippen molar-refractivity contribution in [1.29, 1.82) is 0 Å². The lowest BCUT2D eigenvalue weighted by Crippen LogP contribution is -2.40. The van der Waals surface area contributed by atoms with Gasteiger partial charge in [-0.15, -0.1) is 0 Å². The molecule has 0 bridgehead atoms. The van der Waals surface area contributed by atoms with Crippen LogP contribution in [0.4, 0.5) is 10.5 Å². The minimum absolute atomic E-state index is 0.0574. The zero-order valence-electron chi connectivity index (χ0n) is 18.3. The van der Waals surface area contributed by atoms with Crippen LogP contribution in [0.15, 0.2) is 48.5 Å². The molecule has 8 nitrogen and oxygen atoms in total. The molecule has 1 aromatic heterocycles. The predicted molar refractivity (Wildman–Crippen MR) is 131 cm³/mol. The number of carbonyl (C=O) groups is 2. The summed E-state index contributed by atoms with van der Waals surface area (Å²) in [7, 11) is 0. The zero-order chi connectivity index (χ0) is 23.4. The van der Waals surface area contributed by atoms with Gasteiger partial charge >= 0.3 is 6.03 Å². The maximum absolute atomic E-state index is 13.1. The molecule has 2 N–H and O–H groups in total. The summed E-state index contributed by atoms with van der Waals surface area (Å²) < 4.78 is 2.12. The molecule has 0 saturated carbocycles. The average molecular weight is 485 g/mol. The number of halogens is 1. The molecule has 1 saturated heterocycles. The van der Waals surface area contributed by atoms with Gasteiger partial charge in [0.15, 0.2) is 10.6 Å². The molecule has 1 aliphatic rings. The summed E-state index contributed by atoms with van der Waals surface area (Å²) in [6, 6.07) is 14.7. The molecule has 2 heterocycles. The Labute approximate surface area is 202 Å². The highest BCUT2D eigenvalue weighted by Gasteiger charge is 2.23. The average Bonchev–Trinajstić information content (AvgIpc) is 2.99. The summed E-state index contributed by atoms with van der Waals surface area (Å²) in [5, 5.41) is 10.5. The molecule has 0 radical (unpaired) electrons. The van der Waals surface area contributed by atoms with Gasteiger partial charge in [0.1, 0.15) is 6.54 Å². The van der Waals surface area contributed by atoms with Crippen LogP contribution in [0.1, 0.15) is 12.0 Å². The highest BCUT2D eigenvalue weighted by atomic mass is 35.5. The number of carbonyl (C=O) groups excluding carboxylic acids is 2. The normalized spacial score (nSPS) is 14.1. The third-order valence-corrected chi connectivity index (χ3v) is 6.12. The van der Waals surface area contributed by atoms with E-state index in [-0.39, 0.29) is 18.5 Å². The Morgan fingerprint density at radius 3 is 2.58 bits per heavy atom. The molecule has 3 amide bonds. The van der Waals surface area contributed by atoms with Gasteiger partial charge in [-0.05, 0) is 43.8 Å². The van der Waals surface area contributed by atoms with E-state index in [1.54, 1.807) is 38.6 Å². The number of benzene rings is 2. The number of nitrogens with one attached hydrogen (secondary N) is 2. The minimum Gasteiger partial charge on any atom is -0.339 e. The fourth-order valence-corrected chi connectivity index (χ4v) is 4.15. The molecule has 10 heteroatoms. The van der Waals surface area contributed by atoms with Crippen LogP contribution in [0, 0.1) is 11.7 Å². The fourth-order valence-electron chi connectivity index (χ4n) is 3.76. The van der Waals surface area contributed by atoms with E-state index in [1.807, 2.05) is 31.2 Å². The van der Waals surface area contributed by atoms with Crippen LogP contribution in [-0.2, 0) is 11.3 Å². The number of amides is 3. The largest absolute Gasteiger partial charge is 0.339 e. The minimum atomic E-state index is -0.203. The number of H-pyrrole nitrogens is 1. The maximum atomic E-state index is 13.1. The van der Waals surface area contributed by atoms with Gasteiger partial charge in [-0.25, -0.2) is 4.79 Å². The number of aromatic nitrogens is 3. The summed E-state index contributed by atoms with van der Waals surface area (Å²) in [5.41, 5.74) is 2.67. The van der Waals surface area contributed by atoms with Crippen molar-refractivity contribution in [2.45, 2.75) is 19.9 Å². The smallest absolute Gasteiger partial charge is 0.321 e. The van der Waals surface area contributed by atoms with Gasteiger partial charge in [0, 0.05) is 42.5 Å². The van der Waals surface area contributed by atoms with Crippen molar-refractivity contribution >= 4 is 41.4 Å². The van der Waals surface area contributed by atoms with Crippen molar-refractivity contribution in [1.82, 2.24) is 24.6 Å². The molecule has 0 spiro atoms. The third-order valence-electron chi connectivity index (χ3n) is 5.57. The molecule has 1 aliphatic heterocycles. The van der Waals surface area contributed by atoms with Crippen LogP contribution in [-0.4, -0.2) is 62.7 Å². The number of hydrogen-bond donors (Lipinski definition) is 2. The number of anilines is 1. The number of nitrogens with zero attached hydrogens (tertiary/aromatic N) is 4. The summed E-state index contributed by atoms with van der Waals surface area (Å²) in [5.74, 6) is 0.573. The number of urea groups is 1. The summed E-state index contributed by atoms with van der Waals surface area (Å²) >= 11 is 11.4. The highest BCUT2D eigenvalue weighted by Crippen LogP contribution is 2.19. The number of hydrogen-bond acceptors (Lipinski definition) is 4. The second-order valence-electron chi connectivity index (χ2n) is 7.97. The van der Waals surface area contributed by atoms with E-state index in [0.29, 0.717) is 53.9 Å². The lowest BCUT2D eigenvalue weighted by atomic mass is 10.1. The van der Waals surface area contributed by atoms with Crippen molar-refractivity contribution in [3.05, 3.63) is 63.9 Å². The Morgan fingerprint density at radius 2 is 1.82 bits per heavy atom. The Bertz CT molecular complexity index is 1210. The first-order valence-corrected chi connectivity index (χ1v) is 11.5. The first-order valence-electron chi connectivity index (χ1n) is 10.7. The van der Waals surface area contributed by atoms with E-state index in [9.17, 15) is 9.59 Å². The Hall–Kier alpha value is -3.17. The second kappa shape index (κ2) is 10.2. The molecule has 0 aliphatic carbocycles. The molecule has 0 atom stereocenters. The Balaban J connectivity index is 1.39. The van der Waals surface area contributed by atoms with Gasteiger partial charge in [0.2, 0.25) is 5.91 Å². The van der Waals surface area contributed by atoms with Crippen LogP contribution in [0.5, 0.6) is 0 Å². The quantitative estimate of drug-likeness (QED) is 0.539. The number of rotatable bonds is 4. The van der Waals surface area contributed by atoms with Gasteiger partial charge < -0.3 is 15.1 Å². The van der Waals surface area contributed by atoms with E-state index in [2.05, 4.69) is 15.5 Å². The lowest BCUT2D eigenvalue weighted by molar-refractivity contribution is -0.131. The van der Waals surface area contributed by atoms with Crippen molar-refractivity contribution in [2.24, 2.45) is 0 Å². The van der Waals surface area contributed by atoms with Crippen LogP contribution in [0.2, 0.25) is 5.02 Å². The summed E-state index contributed by atoms with van der Waals surface area (Å²) in [6.45, 7) is 4.14. The molecule has 1 fully saturated rings. The second-order valence-corrected chi connectivity index (χ2v) is 8.79. The predicted octanol–water partition coefficient (Wildman–Crippen LogP) is 4.34. The number of aryl methyl sites for hydroxylation is 1. The van der Waals surface area contributed by atoms with Crippen molar-refractivity contribution in [3.63, 3.8) is 0 Å². The van der Waals surface area contributed by atoms with Crippen LogP contribution in [0.3, 0.4) is 0 Å². The Kier molecular flexibility index (Phi) is 7.10. The van der Waals surface area contributed by atoms with E-state index < -0.39 is 0 Å². The van der Waals surface area contributed by atoms with Crippen LogP contribution < -0.4 is 5.32 Å². The maximum Gasteiger partial charge on any atom is 0.321 e. The van der Waals surface area contributed by atoms with Gasteiger partial charge in [0.25, 0.3) is 0 Å². The monoisotopic (exact) mass is 484 g/mol. The lowest BCUT2D eigenvalue weighted by Gasteiger charge is -2.23. The van der Waals surface area contributed by atoms with Gasteiger partial charge in [-0.3, -0.25) is 14.5 Å². The molecule has 33 heavy (non-hydrogen) atoms. The van der Waals surface area contributed by atoms with Gasteiger partial charge in [-0.2, -0.15) is 5.10 Å². The van der Waals surface area contributed by atoms with Gasteiger partial charge in [-0.1, -0.05) is 47.5 Å². The topological polar surface area (TPSA) is 86.3 Å². The van der Waals surface area contributed by atoms with Crippen molar-refractivity contribution in [2.75, 3.05) is 31.5 Å². The van der Waals surface area contributed by atoms with Crippen LogP contribution >= 0.6 is 23.8 Å². The van der Waals surface area contributed by atoms with Gasteiger partial charge in [0.05, 0.1) is 0 Å².